The van der Waals surface area contributed by atoms with E-state index in [1.165, 1.54) is 49.4 Å². The third kappa shape index (κ3) is 4.87. The number of ether oxygens (including phenoxy) is 2. The van der Waals surface area contributed by atoms with E-state index in [0.29, 0.717) is 0 Å². The lowest BCUT2D eigenvalue weighted by Gasteiger charge is -2.09. The molecule has 0 bridgehead atoms. The highest BCUT2D eigenvalue weighted by Gasteiger charge is 2.18. The first-order valence-electron chi connectivity index (χ1n) is 7.36. The SMILES string of the molecule is CC(=O)Oc1ccccc1C(=O)OCC(=O)Nc1ccccc1[N+](=O)[O-]. The Hall–Kier alpha value is -3.75. The summed E-state index contributed by atoms with van der Waals surface area (Å²) in [7, 11) is 0. The number of carbonyl (C=O) groups is 3. The van der Waals surface area contributed by atoms with E-state index in [0.717, 1.165) is 0 Å². The van der Waals surface area contributed by atoms with Gasteiger partial charge in [0.15, 0.2) is 6.61 Å². The fraction of sp³-hybridized carbons (Fsp3) is 0.118. The highest BCUT2D eigenvalue weighted by Crippen LogP contribution is 2.23. The number of rotatable bonds is 6. The molecule has 134 valence electrons. The summed E-state index contributed by atoms with van der Waals surface area (Å²) in [5, 5.41) is 13.2. The molecule has 0 unspecified atom stereocenters. The molecule has 0 heterocycles. The van der Waals surface area contributed by atoms with Crippen LogP contribution in [-0.4, -0.2) is 29.4 Å². The Kier molecular flexibility index (Phi) is 5.99. The number of hydrogen-bond donors (Lipinski definition) is 1. The number of nitrogens with one attached hydrogen (secondary N) is 1. The van der Waals surface area contributed by atoms with Gasteiger partial charge in [0, 0.05) is 13.0 Å². The van der Waals surface area contributed by atoms with Crippen molar-refractivity contribution in [3.8, 4) is 5.75 Å². The van der Waals surface area contributed by atoms with Gasteiger partial charge in [0.2, 0.25) is 0 Å². The van der Waals surface area contributed by atoms with Crippen LogP contribution in [0.1, 0.15) is 17.3 Å². The van der Waals surface area contributed by atoms with E-state index < -0.39 is 29.4 Å². The summed E-state index contributed by atoms with van der Waals surface area (Å²) in [6, 6.07) is 11.5. The Morgan fingerprint density at radius 2 is 1.73 bits per heavy atom. The Labute approximate surface area is 147 Å². The van der Waals surface area contributed by atoms with Crippen molar-refractivity contribution < 1.29 is 28.8 Å². The summed E-state index contributed by atoms with van der Waals surface area (Å²) in [6.07, 6.45) is 0. The lowest BCUT2D eigenvalue weighted by Crippen LogP contribution is -2.21. The van der Waals surface area contributed by atoms with Gasteiger partial charge in [-0.2, -0.15) is 0 Å². The fourth-order valence-electron chi connectivity index (χ4n) is 2.01. The summed E-state index contributed by atoms with van der Waals surface area (Å²) < 4.78 is 9.77. The summed E-state index contributed by atoms with van der Waals surface area (Å²) >= 11 is 0. The highest BCUT2D eigenvalue weighted by molar-refractivity contribution is 5.98. The molecule has 0 aliphatic heterocycles. The molecule has 0 aromatic heterocycles. The van der Waals surface area contributed by atoms with Crippen LogP contribution in [0, 0.1) is 10.1 Å². The zero-order valence-electron chi connectivity index (χ0n) is 13.6. The molecular formula is C17H14N2O7. The third-order valence-corrected chi connectivity index (χ3v) is 3.07. The van der Waals surface area contributed by atoms with Gasteiger partial charge >= 0.3 is 11.9 Å². The number of hydrogen-bond acceptors (Lipinski definition) is 7. The van der Waals surface area contributed by atoms with Crippen molar-refractivity contribution in [2.24, 2.45) is 0 Å². The van der Waals surface area contributed by atoms with Crippen molar-refractivity contribution in [3.05, 3.63) is 64.2 Å². The van der Waals surface area contributed by atoms with E-state index in [4.69, 9.17) is 9.47 Å². The molecule has 0 aliphatic carbocycles. The smallest absolute Gasteiger partial charge is 0.342 e. The maximum atomic E-state index is 12.1. The molecule has 9 nitrogen and oxygen atoms in total. The predicted molar refractivity (Wildman–Crippen MR) is 89.8 cm³/mol. The molecule has 0 fully saturated rings. The van der Waals surface area contributed by atoms with E-state index in [2.05, 4.69) is 5.32 Å². The molecule has 2 aromatic rings. The van der Waals surface area contributed by atoms with Crippen LogP contribution in [0.5, 0.6) is 5.75 Å². The van der Waals surface area contributed by atoms with Gasteiger partial charge in [-0.3, -0.25) is 19.7 Å². The Morgan fingerprint density at radius 1 is 1.08 bits per heavy atom. The number of para-hydroxylation sites is 3. The highest BCUT2D eigenvalue weighted by atomic mass is 16.6. The molecule has 0 saturated heterocycles. The summed E-state index contributed by atoms with van der Waals surface area (Å²) in [5.74, 6) is -2.24. The van der Waals surface area contributed by atoms with Crippen LogP contribution in [0.4, 0.5) is 11.4 Å². The van der Waals surface area contributed by atoms with Crippen molar-refractivity contribution in [2.45, 2.75) is 6.92 Å². The molecule has 0 aliphatic rings. The Balaban J connectivity index is 2.01. The molecule has 0 radical (unpaired) electrons. The quantitative estimate of drug-likeness (QED) is 0.363. The lowest BCUT2D eigenvalue weighted by atomic mass is 10.2. The average molecular weight is 358 g/mol. The van der Waals surface area contributed by atoms with Crippen LogP contribution in [0.3, 0.4) is 0 Å². The molecule has 26 heavy (non-hydrogen) atoms. The van der Waals surface area contributed by atoms with Crippen LogP contribution in [0.15, 0.2) is 48.5 Å². The second-order valence-electron chi connectivity index (χ2n) is 4.99. The molecule has 2 aromatic carbocycles. The number of carbonyl (C=O) groups excluding carboxylic acids is 3. The first-order chi connectivity index (χ1) is 12.4. The van der Waals surface area contributed by atoms with E-state index in [1.807, 2.05) is 0 Å². The maximum Gasteiger partial charge on any atom is 0.342 e. The maximum absolute atomic E-state index is 12.1. The molecule has 1 N–H and O–H groups in total. The Morgan fingerprint density at radius 3 is 2.42 bits per heavy atom. The number of nitrogens with zero attached hydrogens (tertiary/aromatic N) is 1. The van der Waals surface area contributed by atoms with Gasteiger partial charge in [-0.15, -0.1) is 0 Å². The van der Waals surface area contributed by atoms with Crippen molar-refractivity contribution in [2.75, 3.05) is 11.9 Å². The second kappa shape index (κ2) is 8.38. The van der Waals surface area contributed by atoms with Gasteiger partial charge in [0.25, 0.3) is 11.6 Å². The van der Waals surface area contributed by atoms with Crippen molar-refractivity contribution in [3.63, 3.8) is 0 Å². The summed E-state index contributed by atoms with van der Waals surface area (Å²) in [5.41, 5.74) is -0.326. The second-order valence-corrected chi connectivity index (χ2v) is 4.99. The largest absolute Gasteiger partial charge is 0.452 e. The zero-order valence-corrected chi connectivity index (χ0v) is 13.6. The minimum Gasteiger partial charge on any atom is -0.452 e. The molecule has 0 spiro atoms. The van der Waals surface area contributed by atoms with Crippen LogP contribution in [0.25, 0.3) is 0 Å². The van der Waals surface area contributed by atoms with Crippen molar-refractivity contribution >= 4 is 29.2 Å². The van der Waals surface area contributed by atoms with Gasteiger partial charge in [-0.05, 0) is 18.2 Å². The average Bonchev–Trinajstić information content (AvgIpc) is 2.60. The molecule has 1 amide bonds. The monoisotopic (exact) mass is 358 g/mol. The number of nitro groups is 1. The van der Waals surface area contributed by atoms with Gasteiger partial charge < -0.3 is 14.8 Å². The van der Waals surface area contributed by atoms with Crippen LogP contribution in [0.2, 0.25) is 0 Å². The zero-order chi connectivity index (χ0) is 19.1. The lowest BCUT2D eigenvalue weighted by molar-refractivity contribution is -0.383. The topological polar surface area (TPSA) is 125 Å². The number of esters is 2. The first kappa shape index (κ1) is 18.6. The van der Waals surface area contributed by atoms with Gasteiger partial charge in [0.1, 0.15) is 17.0 Å². The minimum atomic E-state index is -0.875. The minimum absolute atomic E-state index is 0.00380. The van der Waals surface area contributed by atoms with E-state index in [-0.39, 0.29) is 22.7 Å². The molecule has 0 atom stereocenters. The molecule has 2 rings (SSSR count). The standard InChI is InChI=1S/C17H14N2O7/c1-11(20)26-15-9-5-2-6-12(15)17(22)25-10-16(21)18-13-7-3-4-8-14(13)19(23)24/h2-9H,10H2,1H3,(H,18,21). The van der Waals surface area contributed by atoms with E-state index >= 15 is 0 Å². The van der Waals surface area contributed by atoms with Gasteiger partial charge in [-0.25, -0.2) is 4.79 Å². The number of nitro benzene ring substituents is 1. The predicted octanol–water partition coefficient (Wildman–Crippen LogP) is 2.32. The number of anilines is 1. The van der Waals surface area contributed by atoms with Crippen LogP contribution in [-0.2, 0) is 14.3 Å². The normalized spacial score (nSPS) is 9.88. The Bertz CT molecular complexity index is 864. The van der Waals surface area contributed by atoms with Gasteiger partial charge in [-0.1, -0.05) is 24.3 Å². The van der Waals surface area contributed by atoms with Crippen LogP contribution >= 0.6 is 0 Å². The number of amides is 1. The summed E-state index contributed by atoms with van der Waals surface area (Å²) in [6.45, 7) is 0.515. The first-order valence-corrected chi connectivity index (χ1v) is 7.36. The van der Waals surface area contributed by atoms with Crippen molar-refractivity contribution in [1.29, 1.82) is 0 Å². The van der Waals surface area contributed by atoms with E-state index in [1.54, 1.807) is 6.07 Å². The van der Waals surface area contributed by atoms with E-state index in [9.17, 15) is 24.5 Å². The van der Waals surface area contributed by atoms with Gasteiger partial charge in [0.05, 0.1) is 4.92 Å². The van der Waals surface area contributed by atoms with Crippen molar-refractivity contribution in [1.82, 2.24) is 0 Å². The molecule has 9 heteroatoms. The number of benzene rings is 2. The molecular weight excluding hydrogens is 344 g/mol. The summed E-state index contributed by atoms with van der Waals surface area (Å²) in [4.78, 5) is 45.3. The molecule has 0 saturated carbocycles. The third-order valence-electron chi connectivity index (χ3n) is 3.07. The van der Waals surface area contributed by atoms with Crippen LogP contribution < -0.4 is 10.1 Å². The fourth-order valence-corrected chi connectivity index (χ4v) is 2.01.